The third-order valence-electron chi connectivity index (χ3n) is 3.22. The SMILES string of the molecule is CCNC(c1ccn(C)n1)c1cc2cc(Cl)ccc2o1. The van der Waals surface area contributed by atoms with Crippen molar-refractivity contribution in [3.8, 4) is 0 Å². The van der Waals surface area contributed by atoms with Gasteiger partial charge in [0, 0.05) is 23.7 Å². The second-order valence-electron chi connectivity index (χ2n) is 4.74. The molecule has 1 unspecified atom stereocenters. The third-order valence-corrected chi connectivity index (χ3v) is 3.46. The fourth-order valence-electron chi connectivity index (χ4n) is 2.32. The molecule has 1 aromatic carbocycles. The van der Waals surface area contributed by atoms with E-state index in [0.717, 1.165) is 29.0 Å². The standard InChI is InChI=1S/C15H16ClN3O/c1-3-17-15(12-6-7-19(2)18-12)14-9-10-8-11(16)4-5-13(10)20-14/h4-9,15,17H,3H2,1-2H3. The van der Waals surface area contributed by atoms with Gasteiger partial charge >= 0.3 is 0 Å². The summed E-state index contributed by atoms with van der Waals surface area (Å²) in [6.07, 6.45) is 1.93. The number of aromatic nitrogens is 2. The fourth-order valence-corrected chi connectivity index (χ4v) is 2.50. The van der Waals surface area contributed by atoms with Gasteiger partial charge in [-0.1, -0.05) is 18.5 Å². The first-order valence-electron chi connectivity index (χ1n) is 6.59. The van der Waals surface area contributed by atoms with Gasteiger partial charge in [0.2, 0.25) is 0 Å². The maximum Gasteiger partial charge on any atom is 0.134 e. The van der Waals surface area contributed by atoms with Crippen molar-refractivity contribution in [3.63, 3.8) is 0 Å². The number of hydrogen-bond acceptors (Lipinski definition) is 3. The molecule has 3 rings (SSSR count). The van der Waals surface area contributed by atoms with E-state index in [4.69, 9.17) is 16.0 Å². The predicted octanol–water partition coefficient (Wildman–Crippen LogP) is 3.52. The normalized spacial score (nSPS) is 12.9. The predicted molar refractivity (Wildman–Crippen MR) is 80.0 cm³/mol. The van der Waals surface area contributed by atoms with Crippen molar-refractivity contribution < 1.29 is 4.42 Å². The summed E-state index contributed by atoms with van der Waals surface area (Å²) in [5, 5.41) is 9.58. The van der Waals surface area contributed by atoms with Gasteiger partial charge in [-0.05, 0) is 36.9 Å². The molecule has 4 nitrogen and oxygen atoms in total. The molecule has 5 heteroatoms. The number of rotatable bonds is 4. The molecule has 104 valence electrons. The van der Waals surface area contributed by atoms with Gasteiger partial charge < -0.3 is 9.73 Å². The first-order chi connectivity index (χ1) is 9.67. The minimum atomic E-state index is -0.0487. The van der Waals surface area contributed by atoms with E-state index in [0.29, 0.717) is 5.02 Å². The topological polar surface area (TPSA) is 43.0 Å². The molecule has 20 heavy (non-hydrogen) atoms. The molecule has 0 radical (unpaired) electrons. The second kappa shape index (κ2) is 5.31. The quantitative estimate of drug-likeness (QED) is 0.799. The average molecular weight is 290 g/mol. The number of halogens is 1. The molecule has 1 atom stereocenters. The van der Waals surface area contributed by atoms with Crippen LogP contribution >= 0.6 is 11.6 Å². The Kier molecular flexibility index (Phi) is 3.51. The van der Waals surface area contributed by atoms with Crippen molar-refractivity contribution in [2.24, 2.45) is 7.05 Å². The van der Waals surface area contributed by atoms with Crippen LogP contribution in [0.15, 0.2) is 40.9 Å². The Hall–Kier alpha value is -1.78. The fraction of sp³-hybridized carbons (Fsp3) is 0.267. The Morgan fingerprint density at radius 3 is 2.90 bits per heavy atom. The van der Waals surface area contributed by atoms with Crippen molar-refractivity contribution in [3.05, 3.63) is 53.0 Å². The van der Waals surface area contributed by atoms with Gasteiger partial charge in [0.25, 0.3) is 0 Å². The van der Waals surface area contributed by atoms with Gasteiger partial charge in [0.05, 0.1) is 5.69 Å². The Morgan fingerprint density at radius 2 is 2.20 bits per heavy atom. The molecule has 2 heterocycles. The first kappa shape index (κ1) is 13.2. The minimum absolute atomic E-state index is 0.0487. The van der Waals surface area contributed by atoms with E-state index in [2.05, 4.69) is 17.3 Å². The lowest BCUT2D eigenvalue weighted by Gasteiger charge is -2.12. The van der Waals surface area contributed by atoms with Crippen LogP contribution in [0.4, 0.5) is 0 Å². The number of nitrogens with one attached hydrogen (secondary N) is 1. The molecule has 3 aromatic rings. The van der Waals surface area contributed by atoms with Gasteiger partial charge in [-0.2, -0.15) is 5.10 Å². The number of furan rings is 1. The first-order valence-corrected chi connectivity index (χ1v) is 6.97. The van der Waals surface area contributed by atoms with Gasteiger partial charge in [-0.3, -0.25) is 4.68 Å². The maximum absolute atomic E-state index is 6.02. The van der Waals surface area contributed by atoms with Gasteiger partial charge in [0.1, 0.15) is 17.4 Å². The van der Waals surface area contributed by atoms with Gasteiger partial charge in [-0.25, -0.2) is 0 Å². The van der Waals surface area contributed by atoms with Crippen LogP contribution in [0.2, 0.25) is 5.02 Å². The largest absolute Gasteiger partial charge is 0.459 e. The maximum atomic E-state index is 6.02. The number of benzene rings is 1. The highest BCUT2D eigenvalue weighted by molar-refractivity contribution is 6.31. The summed E-state index contributed by atoms with van der Waals surface area (Å²) in [5.74, 6) is 0.850. The summed E-state index contributed by atoms with van der Waals surface area (Å²) in [6.45, 7) is 2.90. The third kappa shape index (κ3) is 2.44. The highest BCUT2D eigenvalue weighted by atomic mass is 35.5. The van der Waals surface area contributed by atoms with E-state index in [1.807, 2.05) is 43.6 Å². The smallest absolute Gasteiger partial charge is 0.134 e. The molecule has 2 aromatic heterocycles. The summed E-state index contributed by atoms with van der Waals surface area (Å²) in [5.41, 5.74) is 1.78. The summed E-state index contributed by atoms with van der Waals surface area (Å²) in [4.78, 5) is 0. The molecule has 0 aliphatic rings. The molecule has 0 aliphatic carbocycles. The molecule has 0 bridgehead atoms. The summed E-state index contributed by atoms with van der Waals surface area (Å²) < 4.78 is 7.72. The second-order valence-corrected chi connectivity index (χ2v) is 5.17. The van der Waals surface area contributed by atoms with Gasteiger partial charge in [0.15, 0.2) is 0 Å². The van der Waals surface area contributed by atoms with Crippen LogP contribution in [0, 0.1) is 0 Å². The van der Waals surface area contributed by atoms with E-state index < -0.39 is 0 Å². The zero-order valence-electron chi connectivity index (χ0n) is 11.4. The van der Waals surface area contributed by atoms with Crippen LogP contribution in [-0.4, -0.2) is 16.3 Å². The summed E-state index contributed by atoms with van der Waals surface area (Å²) >= 11 is 6.02. The lowest BCUT2D eigenvalue weighted by atomic mass is 10.1. The average Bonchev–Trinajstić information content (AvgIpc) is 3.01. The van der Waals surface area contributed by atoms with E-state index in [1.165, 1.54) is 0 Å². The Bertz CT molecular complexity index is 732. The van der Waals surface area contributed by atoms with Crippen LogP contribution in [0.25, 0.3) is 11.0 Å². The van der Waals surface area contributed by atoms with Crippen molar-refractivity contribution in [2.45, 2.75) is 13.0 Å². The molecule has 1 N–H and O–H groups in total. The summed E-state index contributed by atoms with van der Waals surface area (Å²) in [6, 6.07) is 9.59. The highest BCUT2D eigenvalue weighted by Crippen LogP contribution is 2.29. The molecule has 0 aliphatic heterocycles. The van der Waals surface area contributed by atoms with E-state index in [1.54, 1.807) is 4.68 Å². The Morgan fingerprint density at radius 1 is 1.35 bits per heavy atom. The Labute approximate surface area is 122 Å². The lowest BCUT2D eigenvalue weighted by Crippen LogP contribution is -2.22. The number of nitrogens with zero attached hydrogens (tertiary/aromatic N) is 2. The van der Waals surface area contributed by atoms with Crippen molar-refractivity contribution in [2.75, 3.05) is 6.54 Å². The Balaban J connectivity index is 2.04. The van der Waals surface area contributed by atoms with Crippen LogP contribution in [-0.2, 0) is 7.05 Å². The zero-order chi connectivity index (χ0) is 14.1. The van der Waals surface area contributed by atoms with E-state index in [-0.39, 0.29) is 6.04 Å². The van der Waals surface area contributed by atoms with Crippen LogP contribution < -0.4 is 5.32 Å². The lowest BCUT2D eigenvalue weighted by molar-refractivity contribution is 0.468. The van der Waals surface area contributed by atoms with E-state index in [9.17, 15) is 0 Å². The van der Waals surface area contributed by atoms with Crippen LogP contribution in [0.1, 0.15) is 24.4 Å². The number of aryl methyl sites for hydroxylation is 1. The molecular weight excluding hydrogens is 274 g/mol. The zero-order valence-corrected chi connectivity index (χ0v) is 12.2. The number of hydrogen-bond donors (Lipinski definition) is 1. The monoisotopic (exact) mass is 289 g/mol. The van der Waals surface area contributed by atoms with Crippen LogP contribution in [0.5, 0.6) is 0 Å². The molecular formula is C15H16ClN3O. The van der Waals surface area contributed by atoms with Crippen molar-refractivity contribution in [1.82, 2.24) is 15.1 Å². The van der Waals surface area contributed by atoms with Gasteiger partial charge in [-0.15, -0.1) is 0 Å². The van der Waals surface area contributed by atoms with E-state index >= 15 is 0 Å². The molecule has 0 fully saturated rings. The van der Waals surface area contributed by atoms with Crippen LogP contribution in [0.3, 0.4) is 0 Å². The molecule has 0 amide bonds. The minimum Gasteiger partial charge on any atom is -0.459 e. The molecule has 0 saturated carbocycles. The van der Waals surface area contributed by atoms with Crippen molar-refractivity contribution in [1.29, 1.82) is 0 Å². The summed E-state index contributed by atoms with van der Waals surface area (Å²) in [7, 11) is 1.91. The van der Waals surface area contributed by atoms with Crippen molar-refractivity contribution >= 4 is 22.6 Å². The number of fused-ring (bicyclic) bond motifs is 1. The molecule has 0 saturated heterocycles. The highest BCUT2D eigenvalue weighted by Gasteiger charge is 2.20. The molecule has 0 spiro atoms.